The van der Waals surface area contributed by atoms with Gasteiger partial charge >= 0.3 is 6.18 Å². The molecular weight excluding hydrogens is 260 g/mol. The monoisotopic (exact) mass is 276 g/mol. The molecule has 6 heteroatoms. The van der Waals surface area contributed by atoms with Crippen molar-refractivity contribution in [1.29, 1.82) is 0 Å². The lowest BCUT2D eigenvalue weighted by Crippen LogP contribution is -2.36. The molecule has 0 heterocycles. The van der Waals surface area contributed by atoms with Gasteiger partial charge in [-0.15, -0.1) is 0 Å². The molecule has 19 heavy (non-hydrogen) atoms. The number of hydrogen-bond donors (Lipinski definition) is 1. The largest absolute Gasteiger partial charge is 0.405 e. The van der Waals surface area contributed by atoms with Gasteiger partial charge in [-0.05, 0) is 37.9 Å². The highest BCUT2D eigenvalue weighted by Gasteiger charge is 2.39. The molecule has 1 aromatic carbocycles. The normalized spacial score (nSPS) is 15.6. The summed E-state index contributed by atoms with van der Waals surface area (Å²) in [6.45, 7) is -0.836. The molecular formula is C13H16F4N2. The van der Waals surface area contributed by atoms with Gasteiger partial charge in [-0.2, -0.15) is 13.2 Å². The van der Waals surface area contributed by atoms with E-state index in [4.69, 9.17) is 5.73 Å². The van der Waals surface area contributed by atoms with Gasteiger partial charge in [0.1, 0.15) is 12.4 Å². The minimum Gasteiger partial charge on any atom is -0.359 e. The Balaban J connectivity index is 2.33. The lowest BCUT2D eigenvalue weighted by atomic mass is 10.1. The highest BCUT2D eigenvalue weighted by atomic mass is 19.4. The molecule has 1 saturated carbocycles. The number of nitrogens with zero attached hydrogens (tertiary/aromatic N) is 1. The molecule has 0 saturated heterocycles. The molecule has 106 valence electrons. The number of halogens is 4. The van der Waals surface area contributed by atoms with Gasteiger partial charge in [0.05, 0.1) is 0 Å². The third-order valence-electron chi connectivity index (χ3n) is 3.14. The Bertz CT molecular complexity index is 441. The van der Waals surface area contributed by atoms with E-state index in [0.29, 0.717) is 18.5 Å². The van der Waals surface area contributed by atoms with E-state index in [1.54, 1.807) is 0 Å². The zero-order valence-corrected chi connectivity index (χ0v) is 10.4. The SMILES string of the molecule is NCCc1c(F)cccc1N(CC(F)(F)F)C1CC1. The van der Waals surface area contributed by atoms with Crippen LogP contribution in [0.5, 0.6) is 0 Å². The molecule has 0 amide bonds. The first-order valence-corrected chi connectivity index (χ1v) is 6.23. The summed E-state index contributed by atoms with van der Waals surface area (Å²) < 4.78 is 51.7. The van der Waals surface area contributed by atoms with Crippen molar-refractivity contribution >= 4 is 5.69 Å². The number of hydrogen-bond acceptors (Lipinski definition) is 2. The van der Waals surface area contributed by atoms with E-state index in [2.05, 4.69) is 0 Å². The third kappa shape index (κ3) is 3.59. The van der Waals surface area contributed by atoms with Crippen molar-refractivity contribution in [2.45, 2.75) is 31.5 Å². The Morgan fingerprint density at radius 1 is 1.26 bits per heavy atom. The zero-order chi connectivity index (χ0) is 14.0. The molecule has 1 aliphatic carbocycles. The average Bonchev–Trinajstić information content (AvgIpc) is 3.12. The van der Waals surface area contributed by atoms with Gasteiger partial charge in [-0.1, -0.05) is 6.07 Å². The summed E-state index contributed by atoms with van der Waals surface area (Å²) in [5.74, 6) is -0.490. The van der Waals surface area contributed by atoms with Crippen LogP contribution in [0.1, 0.15) is 18.4 Å². The molecule has 0 aliphatic heterocycles. The van der Waals surface area contributed by atoms with E-state index in [0.717, 1.165) is 0 Å². The molecule has 1 aromatic rings. The molecule has 2 nitrogen and oxygen atoms in total. The van der Waals surface area contributed by atoms with Crippen LogP contribution < -0.4 is 10.6 Å². The van der Waals surface area contributed by atoms with Crippen LogP contribution in [0.25, 0.3) is 0 Å². The molecule has 1 fully saturated rings. The lowest BCUT2D eigenvalue weighted by Gasteiger charge is -2.28. The summed E-state index contributed by atoms with van der Waals surface area (Å²) in [6.07, 6.45) is -2.62. The molecule has 0 unspecified atom stereocenters. The average molecular weight is 276 g/mol. The van der Waals surface area contributed by atoms with Crippen LogP contribution in [-0.2, 0) is 6.42 Å². The fraction of sp³-hybridized carbons (Fsp3) is 0.538. The number of alkyl halides is 3. The Morgan fingerprint density at radius 3 is 2.47 bits per heavy atom. The summed E-state index contributed by atoms with van der Waals surface area (Å²) in [6, 6.07) is 4.10. The molecule has 2 N–H and O–H groups in total. The number of nitrogens with two attached hydrogens (primary N) is 1. The molecule has 0 bridgehead atoms. The topological polar surface area (TPSA) is 29.3 Å². The number of benzene rings is 1. The van der Waals surface area contributed by atoms with E-state index < -0.39 is 18.5 Å². The number of rotatable bonds is 5. The lowest BCUT2D eigenvalue weighted by molar-refractivity contribution is -0.120. The van der Waals surface area contributed by atoms with Gasteiger partial charge < -0.3 is 10.6 Å². The Morgan fingerprint density at radius 2 is 1.95 bits per heavy atom. The minimum atomic E-state index is -4.30. The van der Waals surface area contributed by atoms with Crippen molar-refractivity contribution < 1.29 is 17.6 Å². The standard InChI is InChI=1S/C13H16F4N2/c14-11-2-1-3-12(10(11)6-7-18)19(9-4-5-9)8-13(15,16)17/h1-3,9H,4-8,18H2. The molecule has 1 aliphatic rings. The van der Waals surface area contributed by atoms with Crippen LogP contribution in [0, 0.1) is 5.82 Å². The molecule has 0 aromatic heterocycles. The van der Waals surface area contributed by atoms with Crippen molar-refractivity contribution in [1.82, 2.24) is 0 Å². The van der Waals surface area contributed by atoms with Crippen LogP contribution in [-0.4, -0.2) is 25.3 Å². The van der Waals surface area contributed by atoms with E-state index in [-0.39, 0.29) is 24.6 Å². The maximum atomic E-state index is 13.8. The predicted molar refractivity (Wildman–Crippen MR) is 65.6 cm³/mol. The Hall–Kier alpha value is -1.30. The van der Waals surface area contributed by atoms with Gasteiger partial charge in [0.25, 0.3) is 0 Å². The van der Waals surface area contributed by atoms with Gasteiger partial charge in [0.2, 0.25) is 0 Å². The van der Waals surface area contributed by atoms with E-state index >= 15 is 0 Å². The predicted octanol–water partition coefficient (Wildman–Crippen LogP) is 2.86. The maximum Gasteiger partial charge on any atom is 0.405 e. The van der Waals surface area contributed by atoms with Gasteiger partial charge in [-0.25, -0.2) is 4.39 Å². The highest BCUT2D eigenvalue weighted by molar-refractivity contribution is 5.56. The zero-order valence-electron chi connectivity index (χ0n) is 10.4. The summed E-state index contributed by atoms with van der Waals surface area (Å²) >= 11 is 0. The first kappa shape index (κ1) is 14.1. The fourth-order valence-electron chi connectivity index (χ4n) is 2.20. The van der Waals surface area contributed by atoms with Crippen LogP contribution in [0.2, 0.25) is 0 Å². The summed E-state index contributed by atoms with van der Waals surface area (Å²) in [7, 11) is 0. The van der Waals surface area contributed by atoms with Crippen molar-refractivity contribution in [2.75, 3.05) is 18.0 Å². The summed E-state index contributed by atoms with van der Waals surface area (Å²) in [4.78, 5) is 1.26. The van der Waals surface area contributed by atoms with Crippen molar-refractivity contribution in [3.8, 4) is 0 Å². The molecule has 2 rings (SSSR count). The second kappa shape index (κ2) is 5.36. The van der Waals surface area contributed by atoms with Gasteiger partial charge in [0, 0.05) is 17.3 Å². The summed E-state index contributed by atoms with van der Waals surface area (Å²) in [5.41, 5.74) is 6.01. The molecule has 0 radical (unpaired) electrons. The minimum absolute atomic E-state index is 0.139. The Kier molecular flexibility index (Phi) is 3.99. The molecule has 0 atom stereocenters. The van der Waals surface area contributed by atoms with Crippen LogP contribution >= 0.6 is 0 Å². The molecule has 0 spiro atoms. The van der Waals surface area contributed by atoms with Crippen LogP contribution in [0.15, 0.2) is 18.2 Å². The smallest absolute Gasteiger partial charge is 0.359 e. The summed E-state index contributed by atoms with van der Waals surface area (Å²) in [5, 5.41) is 0. The first-order valence-electron chi connectivity index (χ1n) is 6.23. The highest BCUT2D eigenvalue weighted by Crippen LogP contribution is 2.36. The van der Waals surface area contributed by atoms with Crippen LogP contribution in [0.4, 0.5) is 23.2 Å². The second-order valence-electron chi connectivity index (χ2n) is 4.75. The first-order chi connectivity index (χ1) is 8.92. The van der Waals surface area contributed by atoms with E-state index in [1.165, 1.54) is 23.1 Å². The van der Waals surface area contributed by atoms with Crippen molar-refractivity contribution in [3.05, 3.63) is 29.6 Å². The van der Waals surface area contributed by atoms with Gasteiger partial charge in [-0.3, -0.25) is 0 Å². The third-order valence-corrected chi connectivity index (χ3v) is 3.14. The maximum absolute atomic E-state index is 13.8. The number of anilines is 1. The van der Waals surface area contributed by atoms with Crippen molar-refractivity contribution in [3.63, 3.8) is 0 Å². The van der Waals surface area contributed by atoms with E-state index in [9.17, 15) is 17.6 Å². The quantitative estimate of drug-likeness (QED) is 0.838. The van der Waals surface area contributed by atoms with Crippen molar-refractivity contribution in [2.24, 2.45) is 5.73 Å². The van der Waals surface area contributed by atoms with Gasteiger partial charge in [0.15, 0.2) is 0 Å². The second-order valence-corrected chi connectivity index (χ2v) is 4.75. The van der Waals surface area contributed by atoms with Crippen LogP contribution in [0.3, 0.4) is 0 Å². The fourth-order valence-corrected chi connectivity index (χ4v) is 2.20. The Labute approximate surface area is 109 Å². The van der Waals surface area contributed by atoms with E-state index in [1.807, 2.05) is 0 Å².